The number of carbonyl (C=O) groups excluding carboxylic acids is 2. The number of nitrogens with one attached hydrogen (secondary N) is 1. The van der Waals surface area contributed by atoms with Crippen LogP contribution < -0.4 is 10.5 Å². The van der Waals surface area contributed by atoms with Crippen molar-refractivity contribution in [2.24, 2.45) is 0 Å². The van der Waals surface area contributed by atoms with Crippen LogP contribution in [0.5, 0.6) is 0 Å². The fourth-order valence-corrected chi connectivity index (χ4v) is 2.71. The van der Waals surface area contributed by atoms with Gasteiger partial charge in [0.25, 0.3) is 11.5 Å². The van der Waals surface area contributed by atoms with Crippen molar-refractivity contribution in [1.29, 1.82) is 5.26 Å². The predicted molar refractivity (Wildman–Crippen MR) is 102 cm³/mol. The maximum Gasteiger partial charge on any atom is 0.359 e. The molecule has 140 valence electrons. The highest BCUT2D eigenvalue weighted by molar-refractivity contribution is 6.03. The molecular weight excluding hydrogens is 360 g/mol. The number of para-hydroxylation sites is 1. The van der Waals surface area contributed by atoms with Crippen molar-refractivity contribution in [2.75, 3.05) is 18.1 Å². The number of esters is 1. The Morgan fingerprint density at radius 3 is 2.46 bits per heavy atom. The molecule has 1 N–H and O–H groups in total. The molecule has 0 saturated carbocycles. The zero-order chi connectivity index (χ0) is 19.9. The number of nitrogens with zero attached hydrogens (tertiary/aromatic N) is 3. The summed E-state index contributed by atoms with van der Waals surface area (Å²) in [5.74, 6) is -1.29. The molecule has 0 spiro atoms. The Balaban J connectivity index is 1.76. The quantitative estimate of drug-likeness (QED) is 0.658. The Morgan fingerprint density at radius 2 is 1.75 bits per heavy atom. The predicted octanol–water partition coefficient (Wildman–Crippen LogP) is 2.03. The molecule has 0 fully saturated rings. The summed E-state index contributed by atoms with van der Waals surface area (Å²) in [7, 11) is 0. The topological polar surface area (TPSA) is 116 Å². The molecule has 0 saturated heterocycles. The van der Waals surface area contributed by atoms with Gasteiger partial charge < -0.3 is 9.64 Å². The Bertz CT molecular complexity index is 1100. The van der Waals surface area contributed by atoms with Gasteiger partial charge in [0, 0.05) is 17.6 Å². The first-order chi connectivity index (χ1) is 13.6. The Hall–Kier alpha value is -3.99. The average molecular weight is 376 g/mol. The summed E-state index contributed by atoms with van der Waals surface area (Å²) >= 11 is 0. The third kappa shape index (κ3) is 4.04. The molecule has 0 radical (unpaired) electrons. The zero-order valence-corrected chi connectivity index (χ0v) is 14.8. The number of hydrogen-bond acceptors (Lipinski definition) is 6. The number of carbonyl (C=O) groups is 2. The first kappa shape index (κ1) is 18.8. The van der Waals surface area contributed by atoms with E-state index in [1.807, 2.05) is 12.1 Å². The number of fused-ring (bicyclic) bond motifs is 1. The van der Waals surface area contributed by atoms with Gasteiger partial charge in [0.15, 0.2) is 12.3 Å². The van der Waals surface area contributed by atoms with Crippen LogP contribution in [0.15, 0.2) is 59.4 Å². The third-order valence-corrected chi connectivity index (χ3v) is 4.03. The van der Waals surface area contributed by atoms with Crippen LogP contribution in [0.25, 0.3) is 10.8 Å². The van der Waals surface area contributed by atoms with E-state index in [4.69, 9.17) is 10.00 Å². The number of aromatic amines is 1. The van der Waals surface area contributed by atoms with Gasteiger partial charge in [-0.15, -0.1) is 0 Å². The number of hydrogen-bond donors (Lipinski definition) is 1. The van der Waals surface area contributed by atoms with E-state index in [1.165, 1.54) is 4.90 Å². The van der Waals surface area contributed by atoms with Crippen LogP contribution in [-0.2, 0) is 9.53 Å². The average Bonchev–Trinajstić information content (AvgIpc) is 2.73. The molecule has 0 aliphatic rings. The van der Waals surface area contributed by atoms with Crippen LogP contribution >= 0.6 is 0 Å². The number of H-pyrrole nitrogens is 1. The molecule has 8 nitrogen and oxygen atoms in total. The van der Waals surface area contributed by atoms with Crippen LogP contribution in [0.1, 0.15) is 16.9 Å². The summed E-state index contributed by atoms with van der Waals surface area (Å²) in [5, 5.41) is 15.5. The van der Waals surface area contributed by atoms with Gasteiger partial charge in [-0.05, 0) is 18.2 Å². The van der Waals surface area contributed by atoms with E-state index in [0.717, 1.165) is 0 Å². The molecular formula is C20H16N4O4. The lowest BCUT2D eigenvalue weighted by atomic mass is 10.1. The van der Waals surface area contributed by atoms with Gasteiger partial charge in [-0.25, -0.2) is 9.89 Å². The van der Waals surface area contributed by atoms with Gasteiger partial charge in [0.2, 0.25) is 0 Å². The van der Waals surface area contributed by atoms with Crippen LogP contribution in [0, 0.1) is 11.3 Å². The van der Waals surface area contributed by atoms with Gasteiger partial charge in [0.05, 0.1) is 17.9 Å². The Morgan fingerprint density at radius 1 is 1.07 bits per heavy atom. The number of aromatic nitrogens is 2. The molecule has 28 heavy (non-hydrogen) atoms. The minimum absolute atomic E-state index is 0.0775. The van der Waals surface area contributed by atoms with Gasteiger partial charge in [-0.1, -0.05) is 36.4 Å². The number of anilines is 1. The summed E-state index contributed by atoms with van der Waals surface area (Å²) in [5.41, 5.74) is 0.104. The Kier molecular flexibility index (Phi) is 5.77. The lowest BCUT2D eigenvalue weighted by molar-refractivity contribution is -0.121. The third-order valence-electron chi connectivity index (χ3n) is 4.03. The van der Waals surface area contributed by atoms with Crippen LogP contribution in [-0.4, -0.2) is 35.2 Å². The smallest absolute Gasteiger partial charge is 0.359 e. The summed E-state index contributed by atoms with van der Waals surface area (Å²) in [4.78, 5) is 38.2. The van der Waals surface area contributed by atoms with Crippen molar-refractivity contribution in [3.63, 3.8) is 0 Å². The molecule has 0 aliphatic carbocycles. The van der Waals surface area contributed by atoms with Crippen molar-refractivity contribution in [3.8, 4) is 6.07 Å². The van der Waals surface area contributed by atoms with Crippen molar-refractivity contribution in [1.82, 2.24) is 10.2 Å². The van der Waals surface area contributed by atoms with E-state index in [1.54, 1.807) is 48.5 Å². The van der Waals surface area contributed by atoms with Crippen LogP contribution in [0.3, 0.4) is 0 Å². The molecule has 0 aliphatic heterocycles. The standard InChI is InChI=1S/C20H16N4O4/c21-11-6-12-24(14-7-2-1-3-8-14)17(25)13-28-20(27)18-15-9-4-5-10-16(15)19(26)23-22-18/h1-5,7-10H,6,12-13H2,(H,23,26). The van der Waals surface area contributed by atoms with Gasteiger partial charge >= 0.3 is 5.97 Å². The molecule has 0 atom stereocenters. The minimum atomic E-state index is -0.825. The van der Waals surface area contributed by atoms with Crippen molar-refractivity contribution < 1.29 is 14.3 Å². The molecule has 8 heteroatoms. The lowest BCUT2D eigenvalue weighted by Crippen LogP contribution is -2.35. The number of benzene rings is 2. The second-order valence-electron chi connectivity index (χ2n) is 5.81. The number of ether oxygens (including phenoxy) is 1. The lowest BCUT2D eigenvalue weighted by Gasteiger charge is -2.21. The highest BCUT2D eigenvalue weighted by Crippen LogP contribution is 2.16. The van der Waals surface area contributed by atoms with E-state index in [9.17, 15) is 14.4 Å². The monoisotopic (exact) mass is 376 g/mol. The van der Waals surface area contributed by atoms with Gasteiger partial charge in [-0.2, -0.15) is 10.4 Å². The largest absolute Gasteiger partial charge is 0.451 e. The molecule has 1 amide bonds. The number of amides is 1. The van der Waals surface area contributed by atoms with Gasteiger partial charge in [-0.3, -0.25) is 9.59 Å². The van der Waals surface area contributed by atoms with E-state index in [2.05, 4.69) is 10.2 Å². The highest BCUT2D eigenvalue weighted by Gasteiger charge is 2.20. The normalized spacial score (nSPS) is 10.2. The fraction of sp³-hybridized carbons (Fsp3) is 0.150. The summed E-state index contributed by atoms with van der Waals surface area (Å²) in [6, 6.07) is 17.3. The summed E-state index contributed by atoms with van der Waals surface area (Å²) in [6.07, 6.45) is 0.140. The number of rotatable bonds is 6. The second kappa shape index (κ2) is 8.60. The number of nitriles is 1. The molecule has 0 bridgehead atoms. The van der Waals surface area contributed by atoms with Crippen molar-refractivity contribution >= 4 is 28.3 Å². The Labute approximate surface area is 160 Å². The van der Waals surface area contributed by atoms with Crippen molar-refractivity contribution in [3.05, 3.63) is 70.6 Å². The van der Waals surface area contributed by atoms with E-state index in [0.29, 0.717) is 16.5 Å². The molecule has 3 aromatic rings. The molecule has 2 aromatic carbocycles. The van der Waals surface area contributed by atoms with E-state index < -0.39 is 24.0 Å². The summed E-state index contributed by atoms with van der Waals surface area (Å²) in [6.45, 7) is -0.342. The maximum absolute atomic E-state index is 12.6. The highest BCUT2D eigenvalue weighted by atomic mass is 16.5. The first-order valence-corrected chi connectivity index (χ1v) is 8.48. The second-order valence-corrected chi connectivity index (χ2v) is 5.81. The van der Waals surface area contributed by atoms with E-state index in [-0.39, 0.29) is 18.7 Å². The van der Waals surface area contributed by atoms with Crippen LogP contribution in [0.4, 0.5) is 5.69 Å². The molecule has 3 rings (SSSR count). The molecule has 1 heterocycles. The zero-order valence-electron chi connectivity index (χ0n) is 14.8. The van der Waals surface area contributed by atoms with E-state index >= 15 is 0 Å². The maximum atomic E-state index is 12.6. The first-order valence-electron chi connectivity index (χ1n) is 8.48. The SMILES string of the molecule is N#CCCN(C(=O)COC(=O)c1n[nH]c(=O)c2ccccc12)c1ccccc1. The summed E-state index contributed by atoms with van der Waals surface area (Å²) < 4.78 is 5.12. The fourth-order valence-electron chi connectivity index (χ4n) is 2.71. The van der Waals surface area contributed by atoms with Crippen molar-refractivity contribution in [2.45, 2.75) is 6.42 Å². The molecule has 0 unspecified atom stereocenters. The van der Waals surface area contributed by atoms with Crippen LogP contribution in [0.2, 0.25) is 0 Å². The minimum Gasteiger partial charge on any atom is -0.451 e. The molecule has 1 aromatic heterocycles. The van der Waals surface area contributed by atoms with Gasteiger partial charge in [0.1, 0.15) is 0 Å².